The molecule has 0 radical (unpaired) electrons. The number of rotatable bonds is 3. The summed E-state index contributed by atoms with van der Waals surface area (Å²) in [6.45, 7) is 0. The van der Waals surface area contributed by atoms with E-state index in [1.54, 1.807) is 23.1 Å². The standard InChI is InChI=1S/C22H15N5O/c28-22(16-7-4-12-23-14-16)24-17-10-11-19-20(13-17)26-27(25-19)21-9-3-6-15-5-1-2-8-18(15)21/h1-14H,(H,24,28). The maximum absolute atomic E-state index is 12.3. The van der Waals surface area contributed by atoms with Crippen molar-refractivity contribution >= 4 is 33.4 Å². The Balaban J connectivity index is 1.51. The van der Waals surface area contributed by atoms with Crippen LogP contribution in [0, 0.1) is 0 Å². The van der Waals surface area contributed by atoms with Gasteiger partial charge in [-0.25, -0.2) is 0 Å². The van der Waals surface area contributed by atoms with E-state index in [1.807, 2.05) is 42.5 Å². The number of hydrogen-bond acceptors (Lipinski definition) is 4. The molecular weight excluding hydrogens is 350 g/mol. The Labute approximate surface area is 160 Å². The summed E-state index contributed by atoms with van der Waals surface area (Å²) in [6.07, 6.45) is 3.17. The summed E-state index contributed by atoms with van der Waals surface area (Å²) in [5.41, 5.74) is 3.54. The van der Waals surface area contributed by atoms with E-state index in [1.165, 1.54) is 6.20 Å². The van der Waals surface area contributed by atoms with Gasteiger partial charge in [0.25, 0.3) is 5.91 Å². The van der Waals surface area contributed by atoms with Gasteiger partial charge in [0.05, 0.1) is 11.3 Å². The SMILES string of the molecule is O=C(Nc1ccc2nn(-c3cccc4ccccc34)nc2c1)c1cccnc1. The Morgan fingerprint density at radius 2 is 1.71 bits per heavy atom. The molecule has 0 saturated carbocycles. The molecule has 1 amide bonds. The van der Waals surface area contributed by atoms with Crippen LogP contribution in [-0.4, -0.2) is 25.9 Å². The predicted molar refractivity (Wildman–Crippen MR) is 109 cm³/mol. The van der Waals surface area contributed by atoms with E-state index in [2.05, 4.69) is 38.7 Å². The summed E-state index contributed by atoms with van der Waals surface area (Å²) >= 11 is 0. The summed E-state index contributed by atoms with van der Waals surface area (Å²) in [4.78, 5) is 17.9. The Bertz CT molecular complexity index is 1310. The lowest BCUT2D eigenvalue weighted by Crippen LogP contribution is -2.11. The van der Waals surface area contributed by atoms with Crippen LogP contribution in [0.5, 0.6) is 0 Å². The van der Waals surface area contributed by atoms with Crippen molar-refractivity contribution in [3.8, 4) is 5.69 Å². The van der Waals surface area contributed by atoms with Gasteiger partial charge in [0.15, 0.2) is 0 Å². The van der Waals surface area contributed by atoms with Gasteiger partial charge in [0.1, 0.15) is 11.0 Å². The van der Waals surface area contributed by atoms with Gasteiger partial charge in [0.2, 0.25) is 0 Å². The highest BCUT2D eigenvalue weighted by molar-refractivity contribution is 6.04. The minimum Gasteiger partial charge on any atom is -0.322 e. The van der Waals surface area contributed by atoms with Crippen molar-refractivity contribution in [3.63, 3.8) is 0 Å². The van der Waals surface area contributed by atoms with Gasteiger partial charge in [0, 0.05) is 23.5 Å². The number of carbonyl (C=O) groups is 1. The van der Waals surface area contributed by atoms with Crippen LogP contribution in [0.25, 0.3) is 27.5 Å². The molecule has 0 bridgehead atoms. The zero-order valence-corrected chi connectivity index (χ0v) is 14.8. The molecule has 0 aliphatic rings. The normalized spacial score (nSPS) is 11.0. The number of anilines is 1. The predicted octanol–water partition coefficient (Wildman–Crippen LogP) is 4.22. The van der Waals surface area contributed by atoms with Crippen molar-refractivity contribution in [2.45, 2.75) is 0 Å². The molecule has 5 aromatic rings. The molecule has 0 spiro atoms. The molecule has 134 valence electrons. The average molecular weight is 365 g/mol. The molecule has 1 N–H and O–H groups in total. The summed E-state index contributed by atoms with van der Waals surface area (Å²) in [7, 11) is 0. The van der Waals surface area contributed by atoms with Crippen molar-refractivity contribution in [3.05, 3.63) is 90.8 Å². The number of nitrogens with zero attached hydrogens (tertiary/aromatic N) is 4. The van der Waals surface area contributed by atoms with Crippen molar-refractivity contribution in [2.24, 2.45) is 0 Å². The van der Waals surface area contributed by atoms with Gasteiger partial charge in [-0.2, -0.15) is 0 Å². The Hall–Kier alpha value is -4.06. The summed E-state index contributed by atoms with van der Waals surface area (Å²) in [5.74, 6) is -0.214. The van der Waals surface area contributed by atoms with Gasteiger partial charge < -0.3 is 5.32 Å². The van der Waals surface area contributed by atoms with Gasteiger partial charge in [-0.15, -0.1) is 15.0 Å². The molecule has 0 fully saturated rings. The van der Waals surface area contributed by atoms with Gasteiger partial charge in [-0.05, 0) is 41.8 Å². The largest absolute Gasteiger partial charge is 0.322 e. The van der Waals surface area contributed by atoms with Crippen LogP contribution < -0.4 is 5.32 Å². The van der Waals surface area contributed by atoms with Crippen molar-refractivity contribution in [1.29, 1.82) is 0 Å². The molecule has 3 aromatic carbocycles. The zero-order valence-electron chi connectivity index (χ0n) is 14.8. The lowest BCUT2D eigenvalue weighted by atomic mass is 10.1. The maximum atomic E-state index is 12.3. The van der Waals surface area contributed by atoms with Crippen molar-refractivity contribution in [1.82, 2.24) is 20.0 Å². The number of hydrogen-bond donors (Lipinski definition) is 1. The van der Waals surface area contributed by atoms with E-state index in [-0.39, 0.29) is 5.91 Å². The second-order valence-corrected chi connectivity index (χ2v) is 6.39. The number of amides is 1. The van der Waals surface area contributed by atoms with Crippen molar-refractivity contribution in [2.75, 3.05) is 5.32 Å². The number of carbonyl (C=O) groups excluding carboxylic acids is 1. The highest BCUT2D eigenvalue weighted by atomic mass is 16.1. The van der Waals surface area contributed by atoms with Crippen LogP contribution >= 0.6 is 0 Å². The summed E-state index contributed by atoms with van der Waals surface area (Å²) < 4.78 is 0. The molecule has 6 nitrogen and oxygen atoms in total. The van der Waals surface area contributed by atoms with E-state index >= 15 is 0 Å². The van der Waals surface area contributed by atoms with Crippen LogP contribution in [-0.2, 0) is 0 Å². The third-order valence-corrected chi connectivity index (χ3v) is 4.54. The molecule has 5 rings (SSSR count). The fraction of sp³-hybridized carbons (Fsp3) is 0. The van der Waals surface area contributed by atoms with E-state index in [0.717, 1.165) is 22.0 Å². The third kappa shape index (κ3) is 2.87. The lowest BCUT2D eigenvalue weighted by Gasteiger charge is -2.04. The first kappa shape index (κ1) is 16.1. The minimum absolute atomic E-state index is 0.214. The van der Waals surface area contributed by atoms with Crippen LogP contribution in [0.2, 0.25) is 0 Å². The number of pyridine rings is 1. The first-order valence-electron chi connectivity index (χ1n) is 8.84. The number of aromatic nitrogens is 4. The molecule has 0 saturated heterocycles. The molecule has 28 heavy (non-hydrogen) atoms. The molecule has 2 aromatic heterocycles. The Morgan fingerprint density at radius 3 is 2.61 bits per heavy atom. The maximum Gasteiger partial charge on any atom is 0.257 e. The quantitative estimate of drug-likeness (QED) is 0.519. The molecule has 0 atom stereocenters. The molecule has 6 heteroatoms. The van der Waals surface area contributed by atoms with Gasteiger partial charge in [-0.3, -0.25) is 9.78 Å². The van der Waals surface area contributed by atoms with Gasteiger partial charge >= 0.3 is 0 Å². The van der Waals surface area contributed by atoms with Crippen LogP contribution in [0.4, 0.5) is 5.69 Å². The van der Waals surface area contributed by atoms with Crippen molar-refractivity contribution < 1.29 is 4.79 Å². The first-order valence-corrected chi connectivity index (χ1v) is 8.84. The Kier molecular flexibility index (Phi) is 3.80. The highest BCUT2D eigenvalue weighted by Crippen LogP contribution is 2.23. The molecule has 0 unspecified atom stereocenters. The van der Waals surface area contributed by atoms with E-state index < -0.39 is 0 Å². The number of benzene rings is 3. The fourth-order valence-electron chi connectivity index (χ4n) is 3.18. The number of fused-ring (bicyclic) bond motifs is 2. The van der Waals surface area contributed by atoms with E-state index in [9.17, 15) is 4.79 Å². The smallest absolute Gasteiger partial charge is 0.257 e. The van der Waals surface area contributed by atoms with Crippen LogP contribution in [0.1, 0.15) is 10.4 Å². The molecule has 0 aliphatic heterocycles. The van der Waals surface area contributed by atoms with E-state index in [4.69, 9.17) is 0 Å². The molecule has 2 heterocycles. The summed E-state index contributed by atoms with van der Waals surface area (Å²) in [5, 5.41) is 14.3. The Morgan fingerprint density at radius 1 is 0.857 bits per heavy atom. The fourth-order valence-corrected chi connectivity index (χ4v) is 3.18. The molecular formula is C22H15N5O. The van der Waals surface area contributed by atoms with Gasteiger partial charge in [-0.1, -0.05) is 36.4 Å². The zero-order chi connectivity index (χ0) is 18.9. The average Bonchev–Trinajstić information content (AvgIpc) is 3.17. The lowest BCUT2D eigenvalue weighted by molar-refractivity contribution is 0.102. The monoisotopic (exact) mass is 365 g/mol. The van der Waals surface area contributed by atoms with E-state index in [0.29, 0.717) is 16.8 Å². The second kappa shape index (κ2) is 6.59. The van der Waals surface area contributed by atoms with Crippen LogP contribution in [0.15, 0.2) is 85.2 Å². The third-order valence-electron chi connectivity index (χ3n) is 4.54. The topological polar surface area (TPSA) is 72.7 Å². The molecule has 0 aliphatic carbocycles. The second-order valence-electron chi connectivity index (χ2n) is 6.39. The van der Waals surface area contributed by atoms with Crippen LogP contribution in [0.3, 0.4) is 0 Å². The number of nitrogens with one attached hydrogen (secondary N) is 1. The first-order chi connectivity index (χ1) is 13.8. The highest BCUT2D eigenvalue weighted by Gasteiger charge is 2.10. The summed E-state index contributed by atoms with van der Waals surface area (Å²) in [6, 6.07) is 23.1. The minimum atomic E-state index is -0.214.